The summed E-state index contributed by atoms with van der Waals surface area (Å²) in [4.78, 5) is 14.3. The Morgan fingerprint density at radius 2 is 1.56 bits per heavy atom. The Labute approximate surface area is 147 Å². The van der Waals surface area contributed by atoms with Gasteiger partial charge in [-0.05, 0) is 34.9 Å². The van der Waals surface area contributed by atoms with Crippen molar-refractivity contribution in [3.8, 4) is 11.1 Å². The first-order valence-electron chi connectivity index (χ1n) is 8.47. The van der Waals surface area contributed by atoms with E-state index in [4.69, 9.17) is 0 Å². The van der Waals surface area contributed by atoms with Gasteiger partial charge < -0.3 is 20.2 Å². The lowest BCUT2D eigenvalue weighted by molar-refractivity contribution is 0.0778. The molecule has 0 aromatic heterocycles. The van der Waals surface area contributed by atoms with E-state index in [1.165, 1.54) is 0 Å². The van der Waals surface area contributed by atoms with Gasteiger partial charge in [-0.25, -0.2) is 0 Å². The van der Waals surface area contributed by atoms with Crippen molar-refractivity contribution in [3.05, 3.63) is 59.7 Å². The van der Waals surface area contributed by atoms with Crippen molar-refractivity contribution in [2.45, 2.75) is 6.61 Å². The van der Waals surface area contributed by atoms with E-state index in [1.54, 1.807) is 17.0 Å². The zero-order valence-electron chi connectivity index (χ0n) is 14.0. The van der Waals surface area contributed by atoms with Crippen molar-refractivity contribution < 1.29 is 20.1 Å². The molecule has 2 aromatic rings. The summed E-state index contributed by atoms with van der Waals surface area (Å²) < 4.78 is 0. The quantitative estimate of drug-likeness (QED) is 0.770. The molecule has 132 valence electrons. The fourth-order valence-electron chi connectivity index (χ4n) is 3.36. The Kier molecular flexibility index (Phi) is 5.48. The van der Waals surface area contributed by atoms with Gasteiger partial charge in [0.2, 0.25) is 0 Å². The molecule has 1 aliphatic heterocycles. The highest BCUT2D eigenvalue weighted by Crippen LogP contribution is 2.26. The van der Waals surface area contributed by atoms with Gasteiger partial charge in [-0.2, -0.15) is 0 Å². The van der Waals surface area contributed by atoms with E-state index in [0.717, 1.165) is 16.7 Å². The highest BCUT2D eigenvalue weighted by atomic mass is 16.3. The molecule has 5 heteroatoms. The third-order valence-corrected chi connectivity index (χ3v) is 4.91. The first-order valence-corrected chi connectivity index (χ1v) is 8.47. The van der Waals surface area contributed by atoms with Gasteiger partial charge in [-0.3, -0.25) is 4.79 Å². The lowest BCUT2D eigenvalue weighted by Crippen LogP contribution is -2.29. The molecule has 0 saturated carbocycles. The van der Waals surface area contributed by atoms with E-state index in [1.807, 2.05) is 36.4 Å². The summed E-state index contributed by atoms with van der Waals surface area (Å²) in [6, 6.07) is 15.0. The Morgan fingerprint density at radius 3 is 2.12 bits per heavy atom. The van der Waals surface area contributed by atoms with Gasteiger partial charge in [0, 0.05) is 43.7 Å². The van der Waals surface area contributed by atoms with Crippen LogP contribution in [-0.2, 0) is 6.61 Å². The Hall–Kier alpha value is -2.21. The predicted octanol–water partition coefficient (Wildman–Crippen LogP) is 1.52. The molecule has 2 aromatic carbocycles. The molecule has 5 nitrogen and oxygen atoms in total. The summed E-state index contributed by atoms with van der Waals surface area (Å²) >= 11 is 0. The SMILES string of the molecule is O=C(c1ccc(-c2cccc(CO)c2)cc1)N1C[C@@H](CO)[C@H](CO)C1. The van der Waals surface area contributed by atoms with E-state index < -0.39 is 0 Å². The van der Waals surface area contributed by atoms with Crippen LogP contribution in [-0.4, -0.2) is 52.4 Å². The van der Waals surface area contributed by atoms with Gasteiger partial charge in [0.1, 0.15) is 0 Å². The molecule has 0 bridgehead atoms. The molecular weight excluding hydrogens is 318 g/mol. The second-order valence-electron chi connectivity index (χ2n) is 6.53. The second-order valence-corrected chi connectivity index (χ2v) is 6.53. The highest BCUT2D eigenvalue weighted by Gasteiger charge is 2.34. The van der Waals surface area contributed by atoms with E-state index in [2.05, 4.69) is 0 Å². The molecule has 25 heavy (non-hydrogen) atoms. The van der Waals surface area contributed by atoms with Gasteiger partial charge in [0.05, 0.1) is 6.61 Å². The van der Waals surface area contributed by atoms with Crippen LogP contribution in [0.4, 0.5) is 0 Å². The van der Waals surface area contributed by atoms with Gasteiger partial charge in [-0.15, -0.1) is 0 Å². The Balaban J connectivity index is 1.75. The molecule has 1 amide bonds. The number of aliphatic hydroxyl groups excluding tert-OH is 3. The molecule has 1 fully saturated rings. The lowest BCUT2D eigenvalue weighted by atomic mass is 9.98. The van der Waals surface area contributed by atoms with Crippen LogP contribution in [0.1, 0.15) is 15.9 Å². The van der Waals surface area contributed by atoms with Gasteiger partial charge in [-0.1, -0.05) is 30.3 Å². The number of rotatable bonds is 5. The van der Waals surface area contributed by atoms with Gasteiger partial charge in [0.25, 0.3) is 5.91 Å². The zero-order valence-corrected chi connectivity index (χ0v) is 14.0. The first-order chi connectivity index (χ1) is 12.2. The number of hydrogen-bond donors (Lipinski definition) is 3. The Morgan fingerprint density at radius 1 is 0.920 bits per heavy atom. The number of carbonyl (C=O) groups excluding carboxylic acids is 1. The summed E-state index contributed by atoms with van der Waals surface area (Å²) in [5, 5.41) is 28.0. The molecule has 0 radical (unpaired) electrons. The third kappa shape index (κ3) is 3.74. The molecule has 1 saturated heterocycles. The standard InChI is InChI=1S/C20H23NO4/c22-11-14-2-1-3-17(8-14)15-4-6-16(7-5-15)20(25)21-9-18(12-23)19(10-21)13-24/h1-8,18-19,22-24H,9-13H2/t18-,19-/m0/s1. The van der Waals surface area contributed by atoms with Crippen LogP contribution in [0.15, 0.2) is 48.5 Å². The summed E-state index contributed by atoms with van der Waals surface area (Å²) in [5.41, 5.74) is 3.42. The topological polar surface area (TPSA) is 81.0 Å². The number of aliphatic hydroxyl groups is 3. The van der Waals surface area contributed by atoms with Crippen molar-refractivity contribution >= 4 is 5.91 Å². The first kappa shape index (κ1) is 17.6. The number of nitrogens with zero attached hydrogens (tertiary/aromatic N) is 1. The van der Waals surface area contributed by atoms with E-state index >= 15 is 0 Å². The van der Waals surface area contributed by atoms with Gasteiger partial charge >= 0.3 is 0 Å². The average Bonchev–Trinajstić information content (AvgIpc) is 3.11. The molecular formula is C20H23NO4. The van der Waals surface area contributed by atoms with Crippen molar-refractivity contribution in [3.63, 3.8) is 0 Å². The predicted molar refractivity (Wildman–Crippen MR) is 94.9 cm³/mol. The van der Waals surface area contributed by atoms with Crippen molar-refractivity contribution in [2.75, 3.05) is 26.3 Å². The summed E-state index contributed by atoms with van der Waals surface area (Å²) in [7, 11) is 0. The van der Waals surface area contributed by atoms with E-state index in [9.17, 15) is 20.1 Å². The second kappa shape index (κ2) is 7.78. The van der Waals surface area contributed by atoms with E-state index in [0.29, 0.717) is 18.7 Å². The molecule has 2 atom stereocenters. The molecule has 1 aliphatic rings. The minimum atomic E-state index is -0.0786. The maximum absolute atomic E-state index is 12.6. The number of carbonyl (C=O) groups is 1. The minimum absolute atomic E-state index is 0.00256. The molecule has 3 rings (SSSR count). The van der Waals surface area contributed by atoms with Crippen LogP contribution in [0.5, 0.6) is 0 Å². The largest absolute Gasteiger partial charge is 0.396 e. The molecule has 0 spiro atoms. The van der Waals surface area contributed by atoms with Crippen LogP contribution >= 0.6 is 0 Å². The average molecular weight is 341 g/mol. The number of benzene rings is 2. The minimum Gasteiger partial charge on any atom is -0.396 e. The van der Waals surface area contributed by atoms with Crippen LogP contribution < -0.4 is 0 Å². The van der Waals surface area contributed by atoms with Gasteiger partial charge in [0.15, 0.2) is 0 Å². The fourth-order valence-corrected chi connectivity index (χ4v) is 3.36. The normalized spacial score (nSPS) is 20.0. The molecule has 3 N–H and O–H groups in total. The lowest BCUT2D eigenvalue weighted by Gasteiger charge is -2.16. The Bertz CT molecular complexity index is 717. The maximum atomic E-state index is 12.6. The summed E-state index contributed by atoms with van der Waals surface area (Å²) in [6.07, 6.45) is 0. The molecule has 0 unspecified atom stereocenters. The molecule has 1 heterocycles. The molecule has 0 aliphatic carbocycles. The summed E-state index contributed by atoms with van der Waals surface area (Å²) in [6.45, 7) is 0.906. The number of hydrogen-bond acceptors (Lipinski definition) is 4. The number of likely N-dealkylation sites (tertiary alicyclic amines) is 1. The maximum Gasteiger partial charge on any atom is 0.253 e. The van der Waals surface area contributed by atoms with Crippen molar-refractivity contribution in [1.29, 1.82) is 0 Å². The van der Waals surface area contributed by atoms with Crippen molar-refractivity contribution in [1.82, 2.24) is 4.90 Å². The van der Waals surface area contributed by atoms with Crippen molar-refractivity contribution in [2.24, 2.45) is 11.8 Å². The van der Waals surface area contributed by atoms with Crippen LogP contribution in [0, 0.1) is 11.8 Å². The smallest absolute Gasteiger partial charge is 0.253 e. The van der Waals surface area contributed by atoms with E-state index in [-0.39, 0.29) is 37.6 Å². The fraction of sp³-hybridized carbons (Fsp3) is 0.350. The third-order valence-electron chi connectivity index (χ3n) is 4.91. The van der Waals surface area contributed by atoms with Crippen LogP contribution in [0.25, 0.3) is 11.1 Å². The van der Waals surface area contributed by atoms with Crippen LogP contribution in [0.3, 0.4) is 0 Å². The zero-order chi connectivity index (χ0) is 17.8. The number of amides is 1. The monoisotopic (exact) mass is 341 g/mol. The van der Waals surface area contributed by atoms with Crippen LogP contribution in [0.2, 0.25) is 0 Å². The summed E-state index contributed by atoms with van der Waals surface area (Å²) in [5.74, 6) is -0.200. The highest BCUT2D eigenvalue weighted by molar-refractivity contribution is 5.95.